The molecule has 0 spiro atoms. The maximum Gasteiger partial charge on any atom is 0.407 e. The number of thioether (sulfide) groups is 1. The molecule has 0 bridgehead atoms. The van der Waals surface area contributed by atoms with E-state index in [2.05, 4.69) is 36.3 Å². The zero-order valence-corrected chi connectivity index (χ0v) is 22.3. The van der Waals surface area contributed by atoms with Gasteiger partial charge in [0.2, 0.25) is 0 Å². The Hall–Kier alpha value is -1.99. The second-order valence-corrected chi connectivity index (χ2v) is 10.8. The summed E-state index contributed by atoms with van der Waals surface area (Å²) in [6.07, 6.45) is 16.3. The van der Waals surface area contributed by atoms with Gasteiger partial charge in [0.15, 0.2) is 0 Å². The SMILES string of the molecule is O=C(NCCCS)OCCCCCCCCSc1cc2c3c(cnc2c2ncccc12)CCCC3. The molecule has 2 aromatic heterocycles. The summed E-state index contributed by atoms with van der Waals surface area (Å²) >= 11 is 6.09. The van der Waals surface area contributed by atoms with Crippen molar-refractivity contribution in [1.82, 2.24) is 15.3 Å². The number of nitrogens with one attached hydrogen (secondary N) is 1. The van der Waals surface area contributed by atoms with E-state index in [-0.39, 0.29) is 6.09 Å². The van der Waals surface area contributed by atoms with Crippen molar-refractivity contribution in [2.45, 2.75) is 75.5 Å². The Labute approximate surface area is 218 Å². The molecule has 7 heteroatoms. The largest absolute Gasteiger partial charge is 0.450 e. The standard InChI is InChI=1S/C28H37N3O2S2/c32-28(30-15-10-17-34)33-16-7-3-1-2-4-8-18-35-25-19-24-22-12-6-5-11-21(22)20-31-27(24)26-23(25)13-9-14-29-26/h9,13-14,19-20,34H,1-8,10-12,15-18H2,(H,30,32). The molecule has 5 nitrogen and oxygen atoms in total. The lowest BCUT2D eigenvalue weighted by molar-refractivity contribution is 0.144. The predicted molar refractivity (Wildman–Crippen MR) is 150 cm³/mol. The van der Waals surface area contributed by atoms with E-state index in [0.717, 1.165) is 54.6 Å². The van der Waals surface area contributed by atoms with E-state index in [1.54, 1.807) is 0 Å². The number of hydrogen-bond donors (Lipinski definition) is 2. The summed E-state index contributed by atoms with van der Waals surface area (Å²) in [5.41, 5.74) is 5.02. The number of nitrogens with zero attached hydrogens (tertiary/aromatic N) is 2. The van der Waals surface area contributed by atoms with E-state index in [1.165, 1.54) is 65.3 Å². The van der Waals surface area contributed by atoms with Crippen LogP contribution in [0.5, 0.6) is 0 Å². The van der Waals surface area contributed by atoms with E-state index < -0.39 is 0 Å². The van der Waals surface area contributed by atoms with Gasteiger partial charge in [-0.25, -0.2) is 4.79 Å². The molecule has 1 aliphatic rings. The molecule has 1 aliphatic carbocycles. The first kappa shape index (κ1) is 26.1. The molecule has 3 aromatic rings. The zero-order valence-electron chi connectivity index (χ0n) is 20.6. The molecule has 0 saturated heterocycles. The Balaban J connectivity index is 1.21. The molecule has 4 rings (SSSR count). The van der Waals surface area contributed by atoms with Crippen molar-refractivity contribution in [2.24, 2.45) is 0 Å². The fourth-order valence-corrected chi connectivity index (χ4v) is 6.03. The van der Waals surface area contributed by atoms with Crippen LogP contribution in [0, 0.1) is 0 Å². The van der Waals surface area contributed by atoms with Crippen LogP contribution in [0.25, 0.3) is 21.8 Å². The van der Waals surface area contributed by atoms with Crippen LogP contribution in [0.2, 0.25) is 0 Å². The van der Waals surface area contributed by atoms with Crippen molar-refractivity contribution < 1.29 is 9.53 Å². The topological polar surface area (TPSA) is 64.1 Å². The quantitative estimate of drug-likeness (QED) is 0.110. The Morgan fingerprint density at radius 2 is 1.80 bits per heavy atom. The fraction of sp³-hybridized carbons (Fsp3) is 0.536. The number of benzene rings is 1. The van der Waals surface area contributed by atoms with Crippen molar-refractivity contribution in [1.29, 1.82) is 0 Å². The van der Waals surface area contributed by atoms with Gasteiger partial charge in [-0.15, -0.1) is 11.8 Å². The number of pyridine rings is 2. The number of carbonyl (C=O) groups excluding carboxylic acids is 1. The fourth-order valence-electron chi connectivity index (χ4n) is 4.78. The molecule has 0 radical (unpaired) electrons. The third kappa shape index (κ3) is 7.26. The van der Waals surface area contributed by atoms with Crippen LogP contribution in [-0.4, -0.2) is 40.7 Å². The molecule has 0 fully saturated rings. The van der Waals surface area contributed by atoms with Crippen molar-refractivity contribution >= 4 is 52.3 Å². The first-order valence-electron chi connectivity index (χ1n) is 13.1. The van der Waals surface area contributed by atoms with Gasteiger partial charge in [-0.1, -0.05) is 31.7 Å². The lowest BCUT2D eigenvalue weighted by atomic mass is 9.90. The van der Waals surface area contributed by atoms with Gasteiger partial charge in [-0.2, -0.15) is 12.6 Å². The van der Waals surface area contributed by atoms with Gasteiger partial charge >= 0.3 is 6.09 Å². The number of hydrogen-bond acceptors (Lipinski definition) is 6. The number of amides is 1. The molecule has 0 atom stereocenters. The highest BCUT2D eigenvalue weighted by Crippen LogP contribution is 2.36. The Bertz CT molecular complexity index is 1120. The van der Waals surface area contributed by atoms with Crippen LogP contribution in [0.15, 0.2) is 35.5 Å². The van der Waals surface area contributed by atoms with Gasteiger partial charge in [-0.3, -0.25) is 9.97 Å². The highest BCUT2D eigenvalue weighted by Gasteiger charge is 2.17. The minimum atomic E-state index is -0.309. The zero-order chi connectivity index (χ0) is 24.3. The average molecular weight is 512 g/mol. The van der Waals surface area contributed by atoms with E-state index in [9.17, 15) is 4.79 Å². The second-order valence-electron chi connectivity index (χ2n) is 9.25. The van der Waals surface area contributed by atoms with Gasteiger partial charge in [-0.05, 0) is 79.7 Å². The highest BCUT2D eigenvalue weighted by atomic mass is 32.2. The minimum absolute atomic E-state index is 0.309. The summed E-state index contributed by atoms with van der Waals surface area (Å²) in [7, 11) is 0. The summed E-state index contributed by atoms with van der Waals surface area (Å²) < 4.78 is 5.20. The molecule has 35 heavy (non-hydrogen) atoms. The molecule has 0 aliphatic heterocycles. The molecular weight excluding hydrogens is 474 g/mol. The highest BCUT2D eigenvalue weighted by molar-refractivity contribution is 7.99. The number of unbranched alkanes of at least 4 members (excludes halogenated alkanes) is 5. The maximum atomic E-state index is 11.5. The first-order chi connectivity index (χ1) is 17.3. The number of thiol groups is 1. The number of aryl methyl sites for hydroxylation is 2. The second kappa shape index (κ2) is 13.9. The van der Waals surface area contributed by atoms with Gasteiger partial charge in [0.25, 0.3) is 0 Å². The monoisotopic (exact) mass is 511 g/mol. The summed E-state index contributed by atoms with van der Waals surface area (Å²) in [5, 5.41) is 5.28. The Morgan fingerprint density at radius 1 is 1.00 bits per heavy atom. The minimum Gasteiger partial charge on any atom is -0.450 e. The summed E-state index contributed by atoms with van der Waals surface area (Å²) in [6.45, 7) is 1.13. The number of ether oxygens (including phenoxy) is 1. The lowest BCUT2D eigenvalue weighted by Crippen LogP contribution is -2.25. The normalized spacial score (nSPS) is 13.2. The van der Waals surface area contributed by atoms with Gasteiger partial charge in [0.1, 0.15) is 0 Å². The van der Waals surface area contributed by atoms with Gasteiger partial charge in [0, 0.05) is 34.6 Å². The predicted octanol–water partition coefficient (Wildman–Crippen LogP) is 7.14. The van der Waals surface area contributed by atoms with Gasteiger partial charge < -0.3 is 10.1 Å². The molecule has 188 valence electrons. The molecule has 1 amide bonds. The van der Waals surface area contributed by atoms with E-state index in [0.29, 0.717) is 13.2 Å². The molecule has 0 unspecified atom stereocenters. The number of fused-ring (bicyclic) bond motifs is 5. The first-order valence-corrected chi connectivity index (χ1v) is 14.7. The van der Waals surface area contributed by atoms with Crippen molar-refractivity contribution in [3.8, 4) is 0 Å². The van der Waals surface area contributed by atoms with Crippen LogP contribution in [-0.2, 0) is 17.6 Å². The summed E-state index contributed by atoms with van der Waals surface area (Å²) in [6, 6.07) is 6.61. The van der Waals surface area contributed by atoms with Gasteiger partial charge in [0.05, 0.1) is 17.6 Å². The van der Waals surface area contributed by atoms with Crippen molar-refractivity contribution in [3.05, 3.63) is 41.7 Å². The summed E-state index contributed by atoms with van der Waals surface area (Å²) in [5.74, 6) is 1.89. The molecule has 0 saturated carbocycles. The summed E-state index contributed by atoms with van der Waals surface area (Å²) in [4.78, 5) is 22.4. The number of carbonyl (C=O) groups is 1. The average Bonchev–Trinajstić information content (AvgIpc) is 2.89. The molecule has 1 N–H and O–H groups in total. The molecular formula is C28H37N3O2S2. The Kier molecular flexibility index (Phi) is 10.4. The van der Waals surface area contributed by atoms with Crippen LogP contribution >= 0.6 is 24.4 Å². The molecule has 2 heterocycles. The van der Waals surface area contributed by atoms with Crippen LogP contribution in [0.1, 0.15) is 68.9 Å². The van der Waals surface area contributed by atoms with Crippen molar-refractivity contribution in [3.63, 3.8) is 0 Å². The van der Waals surface area contributed by atoms with E-state index >= 15 is 0 Å². The van der Waals surface area contributed by atoms with Crippen LogP contribution in [0.4, 0.5) is 4.79 Å². The number of rotatable bonds is 13. The van der Waals surface area contributed by atoms with E-state index in [4.69, 9.17) is 14.7 Å². The van der Waals surface area contributed by atoms with Crippen LogP contribution in [0.3, 0.4) is 0 Å². The maximum absolute atomic E-state index is 11.5. The smallest absolute Gasteiger partial charge is 0.407 e. The third-order valence-corrected chi connectivity index (χ3v) is 8.10. The van der Waals surface area contributed by atoms with Crippen LogP contribution < -0.4 is 5.32 Å². The van der Waals surface area contributed by atoms with Crippen molar-refractivity contribution in [2.75, 3.05) is 24.7 Å². The number of aromatic nitrogens is 2. The number of alkyl carbamates (subject to hydrolysis) is 1. The molecule has 1 aromatic carbocycles. The Morgan fingerprint density at radius 3 is 2.69 bits per heavy atom. The third-order valence-electron chi connectivity index (χ3n) is 6.65. The van der Waals surface area contributed by atoms with E-state index in [1.807, 2.05) is 24.0 Å². The lowest BCUT2D eigenvalue weighted by Gasteiger charge is -2.19.